The van der Waals surface area contributed by atoms with Gasteiger partial charge in [-0.3, -0.25) is 9.58 Å². The first-order valence-electron chi connectivity index (χ1n) is 9.39. The number of rotatable bonds is 4. The Labute approximate surface area is 184 Å². The Morgan fingerprint density at radius 1 is 1.13 bits per heavy atom. The van der Waals surface area contributed by atoms with Gasteiger partial charge in [-0.1, -0.05) is 22.6 Å². The van der Waals surface area contributed by atoms with E-state index in [2.05, 4.69) is 4.98 Å². The topological polar surface area (TPSA) is 47.1 Å². The smallest absolute Gasteiger partial charge is 0.296 e. The SMILES string of the molecule is Cc1nc2ccc(F)cc2n1-c1ccc(N(N)C2=C(C(I)C(F)(F)F)CCC2)cc1. The van der Waals surface area contributed by atoms with Gasteiger partial charge in [-0.25, -0.2) is 15.2 Å². The fourth-order valence-electron chi connectivity index (χ4n) is 3.91. The van der Waals surface area contributed by atoms with E-state index >= 15 is 0 Å². The van der Waals surface area contributed by atoms with Crippen molar-refractivity contribution in [2.24, 2.45) is 5.84 Å². The Hall–Kier alpha value is -2.14. The molecular weight excluding hydrogens is 511 g/mol. The lowest BCUT2D eigenvalue weighted by atomic mass is 10.1. The highest BCUT2D eigenvalue weighted by Gasteiger charge is 2.42. The summed E-state index contributed by atoms with van der Waals surface area (Å²) in [6.07, 6.45) is -2.75. The molecule has 0 saturated carbocycles. The van der Waals surface area contributed by atoms with Crippen LogP contribution < -0.4 is 10.9 Å². The average molecular weight is 530 g/mol. The van der Waals surface area contributed by atoms with Crippen molar-refractivity contribution in [2.75, 3.05) is 5.01 Å². The first-order valence-corrected chi connectivity index (χ1v) is 10.6. The summed E-state index contributed by atoms with van der Waals surface area (Å²) in [6.45, 7) is 1.83. The molecule has 4 rings (SSSR count). The quantitative estimate of drug-likeness (QED) is 0.149. The maximum absolute atomic E-state index is 13.7. The first kappa shape index (κ1) is 21.1. The highest BCUT2D eigenvalue weighted by molar-refractivity contribution is 14.1. The van der Waals surface area contributed by atoms with E-state index in [-0.39, 0.29) is 5.82 Å². The van der Waals surface area contributed by atoms with Crippen molar-refractivity contribution in [1.29, 1.82) is 0 Å². The second-order valence-corrected chi connectivity index (χ2v) is 8.49. The molecule has 1 aliphatic rings. The lowest BCUT2D eigenvalue weighted by molar-refractivity contribution is -0.118. The van der Waals surface area contributed by atoms with Crippen LogP contribution >= 0.6 is 22.6 Å². The number of hydrogen-bond acceptors (Lipinski definition) is 3. The monoisotopic (exact) mass is 530 g/mol. The molecule has 0 radical (unpaired) electrons. The minimum absolute atomic E-state index is 0.335. The molecule has 1 atom stereocenters. The predicted octanol–water partition coefficient (Wildman–Crippen LogP) is 5.96. The number of nitrogens with two attached hydrogens (primary N) is 1. The summed E-state index contributed by atoms with van der Waals surface area (Å²) in [6, 6.07) is 11.5. The Bertz CT molecular complexity index is 1120. The molecule has 0 amide bonds. The van der Waals surface area contributed by atoms with Gasteiger partial charge in [0.1, 0.15) is 15.6 Å². The number of nitrogens with zero attached hydrogens (tertiary/aromatic N) is 3. The molecule has 1 aromatic heterocycles. The molecule has 1 heterocycles. The van der Waals surface area contributed by atoms with E-state index in [4.69, 9.17) is 5.84 Å². The molecular formula is C21H19F4IN4. The van der Waals surface area contributed by atoms with Crippen molar-refractivity contribution in [1.82, 2.24) is 9.55 Å². The van der Waals surface area contributed by atoms with Crippen LogP contribution in [0.2, 0.25) is 0 Å². The number of allylic oxidation sites excluding steroid dienone is 2. The fraction of sp³-hybridized carbons (Fsp3) is 0.286. The standard InChI is InChI=1S/C21H19F4IN4/c1-12-28-17-10-5-13(22)11-19(17)29(12)14-6-8-15(9-7-14)30(27)18-4-2-3-16(18)20(26)21(23,24)25/h5-11,20H,2-4,27H2,1H3. The summed E-state index contributed by atoms with van der Waals surface area (Å²) in [5.74, 6) is 6.56. The van der Waals surface area contributed by atoms with Gasteiger partial charge < -0.3 is 0 Å². The van der Waals surface area contributed by atoms with Crippen LogP contribution in [0.25, 0.3) is 16.7 Å². The summed E-state index contributed by atoms with van der Waals surface area (Å²) < 4.78 is 53.6. The molecule has 0 saturated heterocycles. The fourth-order valence-corrected chi connectivity index (χ4v) is 4.58. The number of aromatic nitrogens is 2. The van der Waals surface area contributed by atoms with E-state index in [1.54, 1.807) is 30.3 Å². The van der Waals surface area contributed by atoms with Gasteiger partial charge in [0.05, 0.1) is 16.7 Å². The number of hydrazine groups is 1. The van der Waals surface area contributed by atoms with Gasteiger partial charge in [0.25, 0.3) is 0 Å². The molecule has 9 heteroatoms. The zero-order valence-electron chi connectivity index (χ0n) is 16.0. The van der Waals surface area contributed by atoms with Gasteiger partial charge in [0, 0.05) is 17.5 Å². The zero-order valence-corrected chi connectivity index (χ0v) is 18.2. The third kappa shape index (κ3) is 3.80. The number of halogens is 5. The number of imidazole rings is 1. The largest absolute Gasteiger partial charge is 0.404 e. The third-order valence-electron chi connectivity index (χ3n) is 5.28. The third-order valence-corrected chi connectivity index (χ3v) is 6.74. The summed E-state index contributed by atoms with van der Waals surface area (Å²) in [5, 5.41) is 1.35. The van der Waals surface area contributed by atoms with E-state index in [1.165, 1.54) is 39.7 Å². The molecule has 1 aliphatic carbocycles. The summed E-state index contributed by atoms with van der Waals surface area (Å²) in [5.41, 5.74) is 3.53. The normalized spacial score (nSPS) is 15.8. The van der Waals surface area contributed by atoms with Crippen molar-refractivity contribution in [3.8, 4) is 5.69 Å². The zero-order chi connectivity index (χ0) is 21.6. The maximum atomic E-state index is 13.7. The number of hydrogen-bond donors (Lipinski definition) is 1. The van der Waals surface area contributed by atoms with E-state index in [9.17, 15) is 17.6 Å². The number of benzene rings is 2. The molecule has 0 fully saturated rings. The number of fused-ring (bicyclic) bond motifs is 1. The first-order chi connectivity index (χ1) is 14.2. The number of aryl methyl sites for hydroxylation is 1. The predicted molar refractivity (Wildman–Crippen MR) is 117 cm³/mol. The summed E-state index contributed by atoms with van der Waals surface area (Å²) >= 11 is 1.44. The van der Waals surface area contributed by atoms with E-state index in [0.717, 1.165) is 5.69 Å². The van der Waals surface area contributed by atoms with Crippen LogP contribution in [0.4, 0.5) is 23.2 Å². The van der Waals surface area contributed by atoms with Crippen molar-refractivity contribution in [3.05, 3.63) is 65.4 Å². The molecule has 3 aromatic rings. The van der Waals surface area contributed by atoms with Crippen molar-refractivity contribution < 1.29 is 17.6 Å². The van der Waals surface area contributed by atoms with Crippen LogP contribution in [0.1, 0.15) is 25.1 Å². The van der Waals surface area contributed by atoms with Crippen LogP contribution in [0, 0.1) is 12.7 Å². The van der Waals surface area contributed by atoms with Gasteiger partial charge >= 0.3 is 6.18 Å². The van der Waals surface area contributed by atoms with Crippen molar-refractivity contribution in [2.45, 2.75) is 36.3 Å². The second kappa shape index (κ2) is 7.84. The van der Waals surface area contributed by atoms with Gasteiger partial charge in [-0.15, -0.1) is 0 Å². The van der Waals surface area contributed by atoms with Gasteiger partial charge in [0.15, 0.2) is 0 Å². The number of alkyl halides is 4. The van der Waals surface area contributed by atoms with E-state index in [0.29, 0.717) is 53.1 Å². The molecule has 158 valence electrons. The van der Waals surface area contributed by atoms with Gasteiger partial charge in [0.2, 0.25) is 0 Å². The second-order valence-electron chi connectivity index (χ2n) is 7.24. The minimum atomic E-state index is -4.30. The highest BCUT2D eigenvalue weighted by Crippen LogP contribution is 2.41. The molecule has 2 aromatic carbocycles. The molecule has 30 heavy (non-hydrogen) atoms. The van der Waals surface area contributed by atoms with Crippen LogP contribution in [-0.2, 0) is 0 Å². The summed E-state index contributed by atoms with van der Waals surface area (Å²) in [7, 11) is 0. The molecule has 4 nitrogen and oxygen atoms in total. The molecule has 0 aliphatic heterocycles. The minimum Gasteiger partial charge on any atom is -0.296 e. The van der Waals surface area contributed by atoms with Crippen LogP contribution in [0.5, 0.6) is 0 Å². The maximum Gasteiger partial charge on any atom is 0.404 e. The molecule has 0 spiro atoms. The lowest BCUT2D eigenvalue weighted by Crippen LogP contribution is -2.33. The van der Waals surface area contributed by atoms with Crippen LogP contribution in [-0.4, -0.2) is 19.7 Å². The Balaban J connectivity index is 1.68. The number of anilines is 1. The van der Waals surface area contributed by atoms with Gasteiger partial charge in [-0.2, -0.15) is 13.2 Å². The Morgan fingerprint density at radius 3 is 2.50 bits per heavy atom. The van der Waals surface area contributed by atoms with Gasteiger partial charge in [-0.05, 0) is 68.2 Å². The summed E-state index contributed by atoms with van der Waals surface area (Å²) in [4.78, 5) is 4.45. The molecule has 2 N–H and O–H groups in total. The van der Waals surface area contributed by atoms with E-state index in [1.807, 2.05) is 11.5 Å². The van der Waals surface area contributed by atoms with Crippen molar-refractivity contribution >= 4 is 39.3 Å². The van der Waals surface area contributed by atoms with Crippen molar-refractivity contribution in [3.63, 3.8) is 0 Å². The van der Waals surface area contributed by atoms with Crippen LogP contribution in [0.3, 0.4) is 0 Å². The molecule has 0 bridgehead atoms. The van der Waals surface area contributed by atoms with Crippen LogP contribution in [0.15, 0.2) is 53.7 Å². The Morgan fingerprint density at radius 2 is 1.83 bits per heavy atom. The lowest BCUT2D eigenvalue weighted by Gasteiger charge is -2.25. The highest BCUT2D eigenvalue weighted by atomic mass is 127. The average Bonchev–Trinajstić information content (AvgIpc) is 3.30. The van der Waals surface area contributed by atoms with E-state index < -0.39 is 10.1 Å². The Kier molecular flexibility index (Phi) is 5.52. The molecule has 1 unspecified atom stereocenters.